The molecular formula is C15H20BrNO2. The zero-order valence-electron chi connectivity index (χ0n) is 11.3. The Hall–Kier alpha value is -0.870. The van der Waals surface area contributed by atoms with Gasteiger partial charge in [0.05, 0.1) is 6.04 Å². The van der Waals surface area contributed by atoms with Crippen LogP contribution in [0.2, 0.25) is 0 Å². The first-order valence-corrected chi connectivity index (χ1v) is 7.59. The minimum atomic E-state index is 0.0971. The SMILES string of the molecule is CC(=O)C1CCCCN1CCOc1cccc(Br)c1. The lowest BCUT2D eigenvalue weighted by molar-refractivity contribution is -0.123. The number of benzene rings is 1. The first-order chi connectivity index (χ1) is 9.16. The summed E-state index contributed by atoms with van der Waals surface area (Å²) >= 11 is 3.42. The van der Waals surface area contributed by atoms with Crippen LogP contribution in [0.5, 0.6) is 5.75 Å². The molecule has 2 rings (SSSR count). The summed E-state index contributed by atoms with van der Waals surface area (Å²) in [6, 6.07) is 7.93. The van der Waals surface area contributed by atoms with Gasteiger partial charge in [0.15, 0.2) is 0 Å². The Morgan fingerprint density at radius 1 is 1.47 bits per heavy atom. The third-order valence-corrected chi connectivity index (χ3v) is 4.02. The van der Waals surface area contributed by atoms with E-state index >= 15 is 0 Å². The van der Waals surface area contributed by atoms with Gasteiger partial charge in [0.2, 0.25) is 0 Å². The molecule has 0 amide bonds. The van der Waals surface area contributed by atoms with Crippen LogP contribution >= 0.6 is 15.9 Å². The molecule has 19 heavy (non-hydrogen) atoms. The number of Topliss-reactive ketones (excluding diaryl/α,β-unsaturated/α-hetero) is 1. The highest BCUT2D eigenvalue weighted by Crippen LogP contribution is 2.19. The second-order valence-electron chi connectivity index (χ2n) is 4.96. The highest BCUT2D eigenvalue weighted by Gasteiger charge is 2.25. The topological polar surface area (TPSA) is 29.5 Å². The monoisotopic (exact) mass is 325 g/mol. The summed E-state index contributed by atoms with van der Waals surface area (Å²) in [5.41, 5.74) is 0. The molecule has 1 heterocycles. The Morgan fingerprint density at radius 3 is 3.05 bits per heavy atom. The standard InChI is InChI=1S/C15H20BrNO2/c1-12(18)15-7-2-3-8-17(15)9-10-19-14-6-4-5-13(16)11-14/h4-6,11,15H,2-3,7-10H2,1H3. The zero-order valence-corrected chi connectivity index (χ0v) is 12.9. The van der Waals surface area contributed by atoms with Crippen molar-refractivity contribution >= 4 is 21.7 Å². The van der Waals surface area contributed by atoms with Crippen molar-refractivity contribution in [3.63, 3.8) is 0 Å². The molecule has 1 fully saturated rings. The number of halogens is 1. The van der Waals surface area contributed by atoms with E-state index in [1.165, 1.54) is 6.42 Å². The van der Waals surface area contributed by atoms with Crippen molar-refractivity contribution in [1.29, 1.82) is 0 Å². The maximum absolute atomic E-state index is 11.6. The van der Waals surface area contributed by atoms with E-state index in [4.69, 9.17) is 4.74 Å². The van der Waals surface area contributed by atoms with E-state index in [-0.39, 0.29) is 11.8 Å². The van der Waals surface area contributed by atoms with Crippen LogP contribution in [0.1, 0.15) is 26.2 Å². The Balaban J connectivity index is 1.82. The minimum Gasteiger partial charge on any atom is -0.492 e. The van der Waals surface area contributed by atoms with Gasteiger partial charge in [-0.3, -0.25) is 9.69 Å². The highest BCUT2D eigenvalue weighted by atomic mass is 79.9. The van der Waals surface area contributed by atoms with Crippen molar-refractivity contribution < 1.29 is 9.53 Å². The summed E-state index contributed by atoms with van der Waals surface area (Å²) in [6.45, 7) is 4.14. The smallest absolute Gasteiger partial charge is 0.146 e. The van der Waals surface area contributed by atoms with Crippen molar-refractivity contribution in [3.05, 3.63) is 28.7 Å². The Bertz CT molecular complexity index is 436. The van der Waals surface area contributed by atoms with Gasteiger partial charge in [-0.1, -0.05) is 28.4 Å². The minimum absolute atomic E-state index is 0.0971. The molecule has 0 aromatic heterocycles. The molecular weight excluding hydrogens is 306 g/mol. The van der Waals surface area contributed by atoms with Crippen LogP contribution in [0.15, 0.2) is 28.7 Å². The van der Waals surface area contributed by atoms with Gasteiger partial charge in [-0.15, -0.1) is 0 Å². The third-order valence-electron chi connectivity index (χ3n) is 3.53. The van der Waals surface area contributed by atoms with Crippen LogP contribution in [-0.4, -0.2) is 36.4 Å². The summed E-state index contributed by atoms with van der Waals surface area (Å²) in [4.78, 5) is 13.9. The van der Waals surface area contributed by atoms with E-state index in [0.29, 0.717) is 6.61 Å². The van der Waals surface area contributed by atoms with Crippen LogP contribution in [0, 0.1) is 0 Å². The molecule has 0 N–H and O–H groups in total. The lowest BCUT2D eigenvalue weighted by Crippen LogP contribution is -2.45. The molecule has 0 spiro atoms. The third kappa shape index (κ3) is 4.32. The quantitative estimate of drug-likeness (QED) is 0.832. The van der Waals surface area contributed by atoms with Crippen molar-refractivity contribution in [2.75, 3.05) is 19.7 Å². The molecule has 0 radical (unpaired) electrons. The maximum Gasteiger partial charge on any atom is 0.146 e. The van der Waals surface area contributed by atoms with E-state index in [1.807, 2.05) is 24.3 Å². The molecule has 1 aliphatic rings. The van der Waals surface area contributed by atoms with E-state index in [2.05, 4.69) is 20.8 Å². The molecule has 1 aromatic carbocycles. The fraction of sp³-hybridized carbons (Fsp3) is 0.533. The van der Waals surface area contributed by atoms with Crippen LogP contribution in [0.4, 0.5) is 0 Å². The average molecular weight is 326 g/mol. The average Bonchev–Trinajstić information content (AvgIpc) is 2.39. The van der Waals surface area contributed by atoms with E-state index in [9.17, 15) is 4.79 Å². The second-order valence-corrected chi connectivity index (χ2v) is 5.88. The van der Waals surface area contributed by atoms with Gasteiger partial charge in [-0.05, 0) is 44.5 Å². The Kier molecular flexibility index (Phi) is 5.40. The predicted octanol–water partition coefficient (Wildman–Crippen LogP) is 3.27. The van der Waals surface area contributed by atoms with Crippen LogP contribution in [0.3, 0.4) is 0 Å². The highest BCUT2D eigenvalue weighted by molar-refractivity contribution is 9.10. The first-order valence-electron chi connectivity index (χ1n) is 6.79. The molecule has 1 aliphatic heterocycles. The molecule has 104 valence electrons. The lowest BCUT2D eigenvalue weighted by atomic mass is 9.99. The fourth-order valence-corrected chi connectivity index (χ4v) is 2.93. The van der Waals surface area contributed by atoms with Crippen molar-refractivity contribution in [1.82, 2.24) is 4.90 Å². The van der Waals surface area contributed by atoms with E-state index < -0.39 is 0 Å². The molecule has 1 aromatic rings. The Morgan fingerprint density at radius 2 is 2.32 bits per heavy atom. The van der Waals surface area contributed by atoms with Gasteiger partial charge >= 0.3 is 0 Å². The molecule has 1 atom stereocenters. The largest absolute Gasteiger partial charge is 0.492 e. The van der Waals surface area contributed by atoms with Crippen LogP contribution in [0.25, 0.3) is 0 Å². The van der Waals surface area contributed by atoms with Gasteiger partial charge in [0.1, 0.15) is 18.1 Å². The number of likely N-dealkylation sites (tertiary alicyclic amines) is 1. The number of nitrogens with zero attached hydrogens (tertiary/aromatic N) is 1. The number of rotatable bonds is 5. The number of hydrogen-bond donors (Lipinski definition) is 0. The van der Waals surface area contributed by atoms with Gasteiger partial charge < -0.3 is 4.74 Å². The zero-order chi connectivity index (χ0) is 13.7. The number of carbonyl (C=O) groups is 1. The summed E-state index contributed by atoms with van der Waals surface area (Å²) < 4.78 is 6.75. The summed E-state index contributed by atoms with van der Waals surface area (Å²) in [6.07, 6.45) is 3.33. The number of ether oxygens (including phenoxy) is 1. The molecule has 1 saturated heterocycles. The molecule has 1 unspecified atom stereocenters. The molecule has 0 bridgehead atoms. The van der Waals surface area contributed by atoms with Crippen LogP contribution < -0.4 is 4.74 Å². The fourth-order valence-electron chi connectivity index (χ4n) is 2.56. The molecule has 0 aliphatic carbocycles. The van der Waals surface area contributed by atoms with Crippen molar-refractivity contribution in [3.8, 4) is 5.75 Å². The summed E-state index contributed by atoms with van der Waals surface area (Å²) in [5, 5.41) is 0. The van der Waals surface area contributed by atoms with E-state index in [0.717, 1.165) is 36.2 Å². The first kappa shape index (κ1) is 14.5. The van der Waals surface area contributed by atoms with Gasteiger partial charge in [-0.25, -0.2) is 0 Å². The van der Waals surface area contributed by atoms with Crippen molar-refractivity contribution in [2.45, 2.75) is 32.2 Å². The summed E-state index contributed by atoms with van der Waals surface area (Å²) in [5.74, 6) is 1.15. The molecule has 4 heteroatoms. The molecule has 0 saturated carbocycles. The number of ketones is 1. The second kappa shape index (κ2) is 7.06. The van der Waals surface area contributed by atoms with Gasteiger partial charge in [0.25, 0.3) is 0 Å². The van der Waals surface area contributed by atoms with Gasteiger partial charge in [0, 0.05) is 11.0 Å². The normalized spacial score (nSPS) is 20.2. The Labute approximate surface area is 123 Å². The van der Waals surface area contributed by atoms with Crippen molar-refractivity contribution in [2.24, 2.45) is 0 Å². The number of piperidine rings is 1. The maximum atomic E-state index is 11.6. The lowest BCUT2D eigenvalue weighted by Gasteiger charge is -2.33. The molecule has 3 nitrogen and oxygen atoms in total. The van der Waals surface area contributed by atoms with E-state index in [1.54, 1.807) is 6.92 Å². The number of hydrogen-bond acceptors (Lipinski definition) is 3. The van der Waals surface area contributed by atoms with Gasteiger partial charge in [-0.2, -0.15) is 0 Å². The van der Waals surface area contributed by atoms with Crippen LogP contribution in [-0.2, 0) is 4.79 Å². The summed E-state index contributed by atoms with van der Waals surface area (Å²) in [7, 11) is 0. The predicted molar refractivity (Wildman–Crippen MR) is 79.5 cm³/mol. The number of carbonyl (C=O) groups excluding carboxylic acids is 1.